The molecule has 0 bridgehead atoms. The van der Waals surface area contributed by atoms with Crippen LogP contribution in [-0.2, 0) is 4.79 Å². The number of nitrogens with one attached hydrogen (secondary N) is 1. The number of carboxylic acid groups (broad SMARTS) is 1. The fourth-order valence-electron chi connectivity index (χ4n) is 3.13. The van der Waals surface area contributed by atoms with Gasteiger partial charge >= 0.3 is 12.0 Å². The Morgan fingerprint density at radius 3 is 2.68 bits per heavy atom. The SMILES string of the molecule is CNCC1CCCN(C(=O)N2CCC[C@H]2C(=O)O)C1. The third-order valence-electron chi connectivity index (χ3n) is 4.07. The molecule has 6 nitrogen and oxygen atoms in total. The average molecular weight is 269 g/mol. The van der Waals surface area contributed by atoms with E-state index in [-0.39, 0.29) is 6.03 Å². The molecule has 2 aliphatic rings. The molecule has 0 saturated carbocycles. The largest absolute Gasteiger partial charge is 0.480 e. The van der Waals surface area contributed by atoms with Gasteiger partial charge in [-0.3, -0.25) is 0 Å². The maximum atomic E-state index is 12.4. The van der Waals surface area contributed by atoms with E-state index in [1.807, 2.05) is 11.9 Å². The molecule has 2 rings (SSSR count). The van der Waals surface area contributed by atoms with Gasteiger partial charge in [0.15, 0.2) is 0 Å². The van der Waals surface area contributed by atoms with Gasteiger partial charge in [0.05, 0.1) is 0 Å². The van der Waals surface area contributed by atoms with Gasteiger partial charge in [-0.2, -0.15) is 0 Å². The van der Waals surface area contributed by atoms with E-state index in [9.17, 15) is 9.59 Å². The second-order valence-corrected chi connectivity index (χ2v) is 5.48. The van der Waals surface area contributed by atoms with Crippen LogP contribution < -0.4 is 5.32 Å². The second kappa shape index (κ2) is 6.23. The number of rotatable bonds is 3. The summed E-state index contributed by atoms with van der Waals surface area (Å²) in [5.74, 6) is -0.400. The van der Waals surface area contributed by atoms with Crippen LogP contribution in [0.1, 0.15) is 25.7 Å². The lowest BCUT2D eigenvalue weighted by atomic mass is 9.98. The minimum Gasteiger partial charge on any atom is -0.480 e. The number of hydrogen-bond donors (Lipinski definition) is 2. The highest BCUT2D eigenvalue weighted by Crippen LogP contribution is 2.22. The van der Waals surface area contributed by atoms with Crippen LogP contribution >= 0.6 is 0 Å². The van der Waals surface area contributed by atoms with E-state index in [1.165, 1.54) is 4.90 Å². The summed E-state index contributed by atoms with van der Waals surface area (Å²) in [4.78, 5) is 26.9. The second-order valence-electron chi connectivity index (χ2n) is 5.48. The molecule has 0 radical (unpaired) electrons. The van der Waals surface area contributed by atoms with Crippen LogP contribution in [0, 0.1) is 5.92 Å². The van der Waals surface area contributed by atoms with E-state index in [1.54, 1.807) is 0 Å². The van der Waals surface area contributed by atoms with Crippen LogP contribution in [0.4, 0.5) is 4.79 Å². The Bertz CT molecular complexity index is 346. The van der Waals surface area contributed by atoms with E-state index < -0.39 is 12.0 Å². The van der Waals surface area contributed by atoms with Crippen molar-refractivity contribution in [1.29, 1.82) is 0 Å². The van der Waals surface area contributed by atoms with Gasteiger partial charge in [0.2, 0.25) is 0 Å². The van der Waals surface area contributed by atoms with Crippen LogP contribution in [0.3, 0.4) is 0 Å². The summed E-state index contributed by atoms with van der Waals surface area (Å²) in [6.45, 7) is 2.97. The number of piperidine rings is 1. The molecule has 0 aromatic heterocycles. The van der Waals surface area contributed by atoms with E-state index >= 15 is 0 Å². The molecule has 108 valence electrons. The quantitative estimate of drug-likeness (QED) is 0.786. The topological polar surface area (TPSA) is 72.9 Å². The first-order valence-electron chi connectivity index (χ1n) is 7.06. The van der Waals surface area contributed by atoms with Crippen molar-refractivity contribution < 1.29 is 14.7 Å². The Labute approximate surface area is 113 Å². The van der Waals surface area contributed by atoms with Crippen molar-refractivity contribution >= 4 is 12.0 Å². The molecular formula is C13H23N3O3. The normalized spacial score (nSPS) is 27.6. The minimum absolute atomic E-state index is 0.0919. The lowest BCUT2D eigenvalue weighted by molar-refractivity contribution is -0.141. The van der Waals surface area contributed by atoms with E-state index in [0.717, 1.165) is 38.9 Å². The Morgan fingerprint density at radius 1 is 1.26 bits per heavy atom. The van der Waals surface area contributed by atoms with Crippen molar-refractivity contribution in [2.75, 3.05) is 33.2 Å². The molecule has 2 atom stereocenters. The van der Waals surface area contributed by atoms with Gasteiger partial charge in [-0.15, -0.1) is 0 Å². The molecule has 2 fully saturated rings. The molecule has 2 aliphatic heterocycles. The lowest BCUT2D eigenvalue weighted by Crippen LogP contribution is -2.51. The minimum atomic E-state index is -0.880. The standard InChI is InChI=1S/C13H23N3O3/c1-14-8-10-4-2-6-15(9-10)13(19)16-7-3-5-11(16)12(17)18/h10-11,14H,2-9H2,1H3,(H,17,18)/t10?,11-/m0/s1. The zero-order chi connectivity index (χ0) is 13.8. The summed E-state index contributed by atoms with van der Waals surface area (Å²) in [7, 11) is 1.92. The molecule has 2 saturated heterocycles. The highest BCUT2D eigenvalue weighted by atomic mass is 16.4. The number of amides is 2. The van der Waals surface area contributed by atoms with Crippen LogP contribution in [0.2, 0.25) is 0 Å². The van der Waals surface area contributed by atoms with E-state index in [2.05, 4.69) is 5.32 Å². The summed E-state index contributed by atoms with van der Waals surface area (Å²) in [6.07, 6.45) is 3.50. The fraction of sp³-hybridized carbons (Fsp3) is 0.846. The van der Waals surface area contributed by atoms with Crippen molar-refractivity contribution in [3.63, 3.8) is 0 Å². The first kappa shape index (κ1) is 14.1. The van der Waals surface area contributed by atoms with Gasteiger partial charge in [0.1, 0.15) is 6.04 Å². The van der Waals surface area contributed by atoms with Gasteiger partial charge in [0, 0.05) is 19.6 Å². The average Bonchev–Trinajstić information content (AvgIpc) is 2.88. The van der Waals surface area contributed by atoms with Crippen LogP contribution in [-0.4, -0.2) is 66.2 Å². The molecule has 0 spiro atoms. The molecule has 2 N–H and O–H groups in total. The predicted molar refractivity (Wildman–Crippen MR) is 71.0 cm³/mol. The fourth-order valence-corrected chi connectivity index (χ4v) is 3.13. The van der Waals surface area contributed by atoms with Gasteiger partial charge in [-0.1, -0.05) is 0 Å². The van der Waals surface area contributed by atoms with E-state index in [0.29, 0.717) is 18.9 Å². The summed E-state index contributed by atoms with van der Waals surface area (Å²) >= 11 is 0. The molecule has 6 heteroatoms. The third kappa shape index (κ3) is 3.18. The molecule has 2 amide bonds. The van der Waals surface area contributed by atoms with Gasteiger partial charge in [-0.25, -0.2) is 9.59 Å². The van der Waals surface area contributed by atoms with Crippen molar-refractivity contribution in [3.05, 3.63) is 0 Å². The summed E-state index contributed by atoms with van der Waals surface area (Å²) in [5.41, 5.74) is 0. The summed E-state index contributed by atoms with van der Waals surface area (Å²) < 4.78 is 0. The monoisotopic (exact) mass is 269 g/mol. The predicted octanol–water partition coefficient (Wildman–Crippen LogP) is 0.587. The number of urea groups is 1. The van der Waals surface area contributed by atoms with Crippen LogP contribution in [0.15, 0.2) is 0 Å². The molecule has 19 heavy (non-hydrogen) atoms. The molecule has 2 heterocycles. The Hall–Kier alpha value is -1.30. The molecule has 0 aromatic rings. The number of carboxylic acids is 1. The smallest absolute Gasteiger partial charge is 0.326 e. The number of nitrogens with zero attached hydrogens (tertiary/aromatic N) is 2. The molecular weight excluding hydrogens is 246 g/mol. The number of hydrogen-bond acceptors (Lipinski definition) is 3. The van der Waals surface area contributed by atoms with Gasteiger partial charge in [-0.05, 0) is 45.2 Å². The van der Waals surface area contributed by atoms with Gasteiger partial charge < -0.3 is 20.2 Å². The molecule has 1 unspecified atom stereocenters. The highest BCUT2D eigenvalue weighted by molar-refractivity contribution is 5.83. The molecule has 0 aliphatic carbocycles. The Morgan fingerprint density at radius 2 is 2.00 bits per heavy atom. The maximum absolute atomic E-state index is 12.4. The zero-order valence-corrected chi connectivity index (χ0v) is 11.5. The number of carbonyl (C=O) groups excluding carboxylic acids is 1. The first-order valence-corrected chi connectivity index (χ1v) is 7.06. The number of likely N-dealkylation sites (tertiary alicyclic amines) is 2. The van der Waals surface area contributed by atoms with Crippen molar-refractivity contribution in [1.82, 2.24) is 15.1 Å². The van der Waals surface area contributed by atoms with Gasteiger partial charge in [0.25, 0.3) is 0 Å². The van der Waals surface area contributed by atoms with Crippen LogP contribution in [0.25, 0.3) is 0 Å². The van der Waals surface area contributed by atoms with Crippen molar-refractivity contribution in [2.45, 2.75) is 31.7 Å². The summed E-state index contributed by atoms with van der Waals surface area (Å²) in [6, 6.07) is -0.720. The molecule has 0 aromatic carbocycles. The Balaban J connectivity index is 1.96. The zero-order valence-electron chi connectivity index (χ0n) is 11.5. The first-order chi connectivity index (χ1) is 9.13. The van der Waals surface area contributed by atoms with Crippen molar-refractivity contribution in [3.8, 4) is 0 Å². The van der Waals surface area contributed by atoms with Crippen molar-refractivity contribution in [2.24, 2.45) is 5.92 Å². The highest BCUT2D eigenvalue weighted by Gasteiger charge is 2.37. The van der Waals surface area contributed by atoms with E-state index in [4.69, 9.17) is 5.11 Å². The summed E-state index contributed by atoms with van der Waals surface area (Å²) in [5, 5.41) is 12.3. The number of aliphatic carboxylic acids is 1. The lowest BCUT2D eigenvalue weighted by Gasteiger charge is -2.36. The maximum Gasteiger partial charge on any atom is 0.326 e. The third-order valence-corrected chi connectivity index (χ3v) is 4.07. The van der Waals surface area contributed by atoms with Crippen LogP contribution in [0.5, 0.6) is 0 Å². The Kier molecular flexibility index (Phi) is 4.63. The number of carbonyl (C=O) groups is 2.